The molecule has 4 rings (SSSR count). The van der Waals surface area contributed by atoms with Crippen molar-refractivity contribution in [2.24, 2.45) is 0 Å². The lowest BCUT2D eigenvalue weighted by Crippen LogP contribution is -2.11. The zero-order valence-electron chi connectivity index (χ0n) is 13.1. The van der Waals surface area contributed by atoms with E-state index in [1.807, 2.05) is 42.6 Å². The average Bonchev–Trinajstić information content (AvgIpc) is 3.24. The van der Waals surface area contributed by atoms with Gasteiger partial charge in [-0.05, 0) is 32.0 Å². The molecule has 0 aliphatic carbocycles. The first-order valence-corrected chi connectivity index (χ1v) is 8.31. The normalized spacial score (nSPS) is 11.1. The van der Waals surface area contributed by atoms with Crippen LogP contribution in [0, 0.1) is 13.8 Å². The van der Waals surface area contributed by atoms with Crippen molar-refractivity contribution in [2.75, 3.05) is 5.32 Å². The molecule has 0 saturated carbocycles. The van der Waals surface area contributed by atoms with E-state index in [1.165, 1.54) is 11.3 Å². The number of fused-ring (bicyclic) bond motifs is 1. The van der Waals surface area contributed by atoms with Crippen LogP contribution in [0.5, 0.6) is 0 Å². The fourth-order valence-electron chi connectivity index (χ4n) is 2.57. The van der Waals surface area contributed by atoms with Gasteiger partial charge in [-0.25, -0.2) is 4.98 Å². The van der Waals surface area contributed by atoms with Crippen LogP contribution in [0.2, 0.25) is 0 Å². The minimum Gasteiger partial charge on any atom is -0.466 e. The number of benzene rings is 1. The van der Waals surface area contributed by atoms with Crippen molar-refractivity contribution in [1.82, 2.24) is 4.98 Å². The average molecular weight is 338 g/mol. The molecule has 0 fully saturated rings. The molecule has 3 heterocycles. The van der Waals surface area contributed by atoms with Gasteiger partial charge in [0.25, 0.3) is 5.91 Å². The van der Waals surface area contributed by atoms with Crippen LogP contribution in [-0.4, -0.2) is 10.9 Å². The lowest BCUT2D eigenvalue weighted by Gasteiger charge is -1.99. The highest BCUT2D eigenvalue weighted by atomic mass is 32.1. The second-order valence-corrected chi connectivity index (χ2v) is 6.33. The molecule has 120 valence electrons. The van der Waals surface area contributed by atoms with Gasteiger partial charge in [0.1, 0.15) is 22.8 Å². The van der Waals surface area contributed by atoms with Crippen LogP contribution < -0.4 is 5.32 Å². The fourth-order valence-corrected chi connectivity index (χ4v) is 3.27. The monoisotopic (exact) mass is 338 g/mol. The van der Waals surface area contributed by atoms with Crippen molar-refractivity contribution < 1.29 is 13.6 Å². The summed E-state index contributed by atoms with van der Waals surface area (Å²) >= 11 is 1.36. The molecule has 0 saturated heterocycles. The highest BCUT2D eigenvalue weighted by Gasteiger charge is 2.16. The van der Waals surface area contributed by atoms with E-state index in [0.717, 1.165) is 11.0 Å². The van der Waals surface area contributed by atoms with Crippen LogP contribution in [0.15, 0.2) is 50.6 Å². The predicted molar refractivity (Wildman–Crippen MR) is 93.5 cm³/mol. The van der Waals surface area contributed by atoms with E-state index in [2.05, 4.69) is 10.3 Å². The molecule has 0 aliphatic heterocycles. The number of aryl methyl sites for hydroxylation is 2. The number of carbonyl (C=O) groups is 1. The van der Waals surface area contributed by atoms with Crippen LogP contribution in [0.1, 0.15) is 21.9 Å². The maximum Gasteiger partial charge on any atom is 0.260 e. The first-order valence-electron chi connectivity index (χ1n) is 7.43. The van der Waals surface area contributed by atoms with Gasteiger partial charge >= 0.3 is 0 Å². The van der Waals surface area contributed by atoms with Crippen molar-refractivity contribution >= 4 is 33.3 Å². The number of furan rings is 2. The maximum absolute atomic E-state index is 12.3. The number of thiazole rings is 1. The lowest BCUT2D eigenvalue weighted by atomic mass is 10.2. The molecule has 0 bridgehead atoms. The Morgan fingerprint density at radius 3 is 2.75 bits per heavy atom. The Labute approximate surface area is 141 Å². The second kappa shape index (κ2) is 5.65. The van der Waals surface area contributed by atoms with Gasteiger partial charge in [0.2, 0.25) is 0 Å². The van der Waals surface area contributed by atoms with Crippen molar-refractivity contribution in [1.29, 1.82) is 0 Å². The lowest BCUT2D eigenvalue weighted by molar-refractivity contribution is 0.102. The second-order valence-electron chi connectivity index (χ2n) is 5.47. The number of rotatable bonds is 3. The van der Waals surface area contributed by atoms with E-state index >= 15 is 0 Å². The molecule has 4 aromatic rings. The summed E-state index contributed by atoms with van der Waals surface area (Å²) in [5, 5.41) is 6.21. The van der Waals surface area contributed by atoms with Gasteiger partial charge < -0.3 is 8.83 Å². The SMILES string of the molecule is Cc1cc(C(=O)Nc2nc(-c3cc4ccccc4o3)cs2)c(C)o1. The molecule has 1 N–H and O–H groups in total. The van der Waals surface area contributed by atoms with Gasteiger partial charge in [-0.3, -0.25) is 10.1 Å². The van der Waals surface area contributed by atoms with E-state index in [9.17, 15) is 4.79 Å². The zero-order chi connectivity index (χ0) is 16.7. The summed E-state index contributed by atoms with van der Waals surface area (Å²) < 4.78 is 11.2. The largest absolute Gasteiger partial charge is 0.466 e. The van der Waals surface area contributed by atoms with E-state index in [-0.39, 0.29) is 5.91 Å². The third-order valence-corrected chi connectivity index (χ3v) is 4.45. The Hall–Kier alpha value is -2.86. The van der Waals surface area contributed by atoms with Gasteiger partial charge in [-0.1, -0.05) is 18.2 Å². The smallest absolute Gasteiger partial charge is 0.260 e. The van der Waals surface area contributed by atoms with Gasteiger partial charge in [0.05, 0.1) is 5.56 Å². The minimum atomic E-state index is -0.227. The standard InChI is InChI=1S/C18H14N2O3S/c1-10-7-13(11(2)22-10)17(21)20-18-19-14(9-24-18)16-8-12-5-3-4-6-15(12)23-16/h3-9H,1-2H3,(H,19,20,21). The maximum atomic E-state index is 12.3. The van der Waals surface area contributed by atoms with Crippen LogP contribution in [0.3, 0.4) is 0 Å². The number of para-hydroxylation sites is 1. The Bertz CT molecular complexity index is 1010. The number of anilines is 1. The third kappa shape index (κ3) is 2.61. The molecule has 6 heteroatoms. The number of nitrogens with one attached hydrogen (secondary N) is 1. The molecule has 0 spiro atoms. The van der Waals surface area contributed by atoms with Crippen molar-refractivity contribution in [3.05, 3.63) is 58.9 Å². The molecule has 24 heavy (non-hydrogen) atoms. The zero-order valence-corrected chi connectivity index (χ0v) is 13.9. The van der Waals surface area contributed by atoms with Gasteiger partial charge in [0, 0.05) is 10.8 Å². The number of carbonyl (C=O) groups excluding carboxylic acids is 1. The van der Waals surface area contributed by atoms with Crippen molar-refractivity contribution in [3.63, 3.8) is 0 Å². The van der Waals surface area contributed by atoms with Gasteiger partial charge in [-0.15, -0.1) is 11.3 Å². The molecular weight excluding hydrogens is 324 g/mol. The number of hydrogen-bond acceptors (Lipinski definition) is 5. The van der Waals surface area contributed by atoms with E-state index < -0.39 is 0 Å². The molecule has 5 nitrogen and oxygen atoms in total. The summed E-state index contributed by atoms with van der Waals surface area (Å²) in [5.41, 5.74) is 2.04. The number of hydrogen-bond donors (Lipinski definition) is 1. The van der Waals surface area contributed by atoms with E-state index in [4.69, 9.17) is 8.83 Å². The minimum absolute atomic E-state index is 0.227. The Balaban J connectivity index is 1.58. The van der Waals surface area contributed by atoms with Gasteiger partial charge in [0.15, 0.2) is 10.9 Å². The number of amides is 1. The Kier molecular flexibility index (Phi) is 3.46. The van der Waals surface area contributed by atoms with Crippen molar-refractivity contribution in [2.45, 2.75) is 13.8 Å². The molecule has 0 unspecified atom stereocenters. The molecule has 0 atom stereocenters. The highest BCUT2D eigenvalue weighted by molar-refractivity contribution is 7.14. The van der Waals surface area contributed by atoms with Crippen LogP contribution in [-0.2, 0) is 0 Å². The highest BCUT2D eigenvalue weighted by Crippen LogP contribution is 2.30. The first kappa shape index (κ1) is 14.7. The molecule has 0 aliphatic rings. The third-order valence-electron chi connectivity index (χ3n) is 3.69. The van der Waals surface area contributed by atoms with Crippen LogP contribution >= 0.6 is 11.3 Å². The summed E-state index contributed by atoms with van der Waals surface area (Å²) in [6.07, 6.45) is 0. The first-order chi connectivity index (χ1) is 11.6. The Morgan fingerprint density at radius 1 is 1.17 bits per heavy atom. The number of aromatic nitrogens is 1. The summed E-state index contributed by atoms with van der Waals surface area (Å²) in [6.45, 7) is 3.58. The van der Waals surface area contributed by atoms with Gasteiger partial charge in [-0.2, -0.15) is 0 Å². The topological polar surface area (TPSA) is 68.3 Å². The molecular formula is C18H14N2O3S. The molecule has 0 radical (unpaired) electrons. The fraction of sp³-hybridized carbons (Fsp3) is 0.111. The van der Waals surface area contributed by atoms with Crippen LogP contribution in [0.4, 0.5) is 5.13 Å². The van der Waals surface area contributed by atoms with E-state index in [0.29, 0.717) is 33.7 Å². The summed E-state index contributed by atoms with van der Waals surface area (Å²) in [7, 11) is 0. The predicted octanol–water partition coefficient (Wildman–Crippen LogP) is 5.02. The quantitative estimate of drug-likeness (QED) is 0.569. The molecule has 1 amide bonds. The summed E-state index contributed by atoms with van der Waals surface area (Å²) in [4.78, 5) is 16.7. The summed E-state index contributed by atoms with van der Waals surface area (Å²) in [5.74, 6) is 1.76. The molecule has 3 aromatic heterocycles. The molecule has 1 aromatic carbocycles. The van der Waals surface area contributed by atoms with Crippen molar-refractivity contribution in [3.8, 4) is 11.5 Å². The Morgan fingerprint density at radius 2 is 2.00 bits per heavy atom. The van der Waals surface area contributed by atoms with Crippen LogP contribution in [0.25, 0.3) is 22.4 Å². The number of nitrogens with zero attached hydrogens (tertiary/aromatic N) is 1. The van der Waals surface area contributed by atoms with E-state index in [1.54, 1.807) is 13.0 Å². The summed E-state index contributed by atoms with van der Waals surface area (Å²) in [6, 6.07) is 11.5.